The van der Waals surface area contributed by atoms with Crippen LogP contribution in [0, 0.1) is 0 Å². The third-order valence-electron chi connectivity index (χ3n) is 1.15. The van der Waals surface area contributed by atoms with Gasteiger partial charge in [0.2, 0.25) is 5.91 Å². The smallest absolute Gasteiger partial charge is 0.245 e. The molecule has 0 rings (SSSR count). The van der Waals surface area contributed by atoms with Gasteiger partial charge in [-0.15, -0.1) is 0 Å². The van der Waals surface area contributed by atoms with Gasteiger partial charge >= 0.3 is 0 Å². The Balaban J connectivity index is 0. The van der Waals surface area contributed by atoms with Crippen molar-refractivity contribution in [1.82, 2.24) is 5.32 Å². The molecule has 0 heterocycles. The zero-order valence-electron chi connectivity index (χ0n) is 9.05. The van der Waals surface area contributed by atoms with Gasteiger partial charge in [0.15, 0.2) is 0 Å². The van der Waals surface area contributed by atoms with Crippen LogP contribution < -0.4 is 5.32 Å². The van der Waals surface area contributed by atoms with E-state index in [4.69, 9.17) is 9.47 Å². The summed E-state index contributed by atoms with van der Waals surface area (Å²) in [4.78, 5) is 10.6. The molecule has 0 saturated heterocycles. The maximum absolute atomic E-state index is 10.6. The van der Waals surface area contributed by atoms with Crippen LogP contribution in [-0.4, -0.2) is 39.9 Å². The molecule has 0 aromatic carbocycles. The van der Waals surface area contributed by atoms with Gasteiger partial charge < -0.3 is 14.8 Å². The van der Waals surface area contributed by atoms with E-state index in [0.717, 1.165) is 6.42 Å². The maximum atomic E-state index is 10.6. The number of hydrogen-bond donors (Lipinski definition) is 1. The number of ether oxygens (including phenoxy) is 2. The van der Waals surface area contributed by atoms with E-state index in [1.54, 1.807) is 14.2 Å². The van der Waals surface area contributed by atoms with Crippen LogP contribution in [0.25, 0.3) is 0 Å². The van der Waals surface area contributed by atoms with Gasteiger partial charge in [-0.2, -0.15) is 0 Å². The number of amides is 1. The molecule has 0 unspecified atom stereocenters. The van der Waals surface area contributed by atoms with E-state index in [1.165, 1.54) is 0 Å². The maximum Gasteiger partial charge on any atom is 0.245 e. The number of carbonyl (C=O) groups excluding carboxylic acids is 1. The standard InChI is InChI=1S/C7H15NO3.C2H6/c1-8-7(9)6-11-5-3-4-10-2;1-2/h3-6H2,1-2H3,(H,8,9);1-2H3. The number of hydrogen-bond acceptors (Lipinski definition) is 3. The summed E-state index contributed by atoms with van der Waals surface area (Å²) in [5, 5.41) is 2.46. The molecule has 1 amide bonds. The predicted octanol–water partition coefficient (Wildman–Crippen LogP) is 0.812. The normalized spacial score (nSPS) is 8.62. The fourth-order valence-corrected chi connectivity index (χ4v) is 0.542. The zero-order valence-corrected chi connectivity index (χ0v) is 9.05. The molecule has 0 spiro atoms. The Morgan fingerprint density at radius 3 is 2.38 bits per heavy atom. The van der Waals surface area contributed by atoms with Crippen LogP contribution in [-0.2, 0) is 14.3 Å². The van der Waals surface area contributed by atoms with Gasteiger partial charge in [0.05, 0.1) is 0 Å². The Labute approximate surface area is 80.6 Å². The summed E-state index contributed by atoms with van der Waals surface area (Å²) < 4.78 is 9.79. The summed E-state index contributed by atoms with van der Waals surface area (Å²) in [7, 11) is 3.22. The van der Waals surface area contributed by atoms with Crippen LogP contribution in [0.1, 0.15) is 20.3 Å². The first-order valence-corrected chi connectivity index (χ1v) is 4.58. The highest BCUT2D eigenvalue weighted by Crippen LogP contribution is 1.82. The largest absolute Gasteiger partial charge is 0.385 e. The summed E-state index contributed by atoms with van der Waals surface area (Å²) in [6.45, 7) is 5.38. The Hall–Kier alpha value is -0.610. The van der Waals surface area contributed by atoms with Crippen molar-refractivity contribution in [1.29, 1.82) is 0 Å². The molecule has 0 aromatic heterocycles. The van der Waals surface area contributed by atoms with Crippen LogP contribution in [0.3, 0.4) is 0 Å². The molecule has 0 bridgehead atoms. The summed E-state index contributed by atoms with van der Waals surface area (Å²) in [6, 6.07) is 0. The molecule has 0 fully saturated rings. The van der Waals surface area contributed by atoms with Crippen molar-refractivity contribution in [3.8, 4) is 0 Å². The van der Waals surface area contributed by atoms with Crippen LogP contribution in [0.15, 0.2) is 0 Å². The zero-order chi connectivity index (χ0) is 10.5. The Bertz CT molecular complexity index is 107. The van der Waals surface area contributed by atoms with E-state index in [2.05, 4.69) is 5.32 Å². The van der Waals surface area contributed by atoms with Gasteiger partial charge in [0.25, 0.3) is 0 Å². The molecule has 4 heteroatoms. The molecule has 0 atom stereocenters. The minimum Gasteiger partial charge on any atom is -0.385 e. The highest BCUT2D eigenvalue weighted by molar-refractivity contribution is 5.76. The highest BCUT2D eigenvalue weighted by Gasteiger charge is 1.95. The molecule has 0 saturated carbocycles. The molecular weight excluding hydrogens is 170 g/mol. The van der Waals surface area contributed by atoms with Crippen molar-refractivity contribution < 1.29 is 14.3 Å². The predicted molar refractivity (Wildman–Crippen MR) is 52.7 cm³/mol. The van der Waals surface area contributed by atoms with Crippen molar-refractivity contribution in [3.05, 3.63) is 0 Å². The van der Waals surface area contributed by atoms with Crippen LogP contribution >= 0.6 is 0 Å². The molecule has 0 radical (unpaired) electrons. The monoisotopic (exact) mass is 191 g/mol. The topological polar surface area (TPSA) is 47.6 Å². The highest BCUT2D eigenvalue weighted by atomic mass is 16.5. The van der Waals surface area contributed by atoms with Gasteiger partial charge in [0.1, 0.15) is 6.61 Å². The minimum atomic E-state index is -0.0950. The quantitative estimate of drug-likeness (QED) is 0.632. The van der Waals surface area contributed by atoms with E-state index in [0.29, 0.717) is 13.2 Å². The van der Waals surface area contributed by atoms with Crippen LogP contribution in [0.5, 0.6) is 0 Å². The molecule has 13 heavy (non-hydrogen) atoms. The average Bonchev–Trinajstić information content (AvgIpc) is 2.20. The Kier molecular flexibility index (Phi) is 16.0. The van der Waals surface area contributed by atoms with Crippen molar-refractivity contribution in [2.24, 2.45) is 0 Å². The SMILES string of the molecule is CC.CNC(=O)COCCCOC. The molecule has 80 valence electrons. The lowest BCUT2D eigenvalue weighted by Crippen LogP contribution is -2.23. The van der Waals surface area contributed by atoms with Gasteiger partial charge in [-0.3, -0.25) is 4.79 Å². The summed E-state index contributed by atoms with van der Waals surface area (Å²) in [6.07, 6.45) is 0.827. The molecule has 1 N–H and O–H groups in total. The van der Waals surface area contributed by atoms with Crippen molar-refractivity contribution in [2.45, 2.75) is 20.3 Å². The molecule has 0 aliphatic rings. The van der Waals surface area contributed by atoms with Gasteiger partial charge in [-0.1, -0.05) is 13.8 Å². The second-order valence-electron chi connectivity index (χ2n) is 2.07. The van der Waals surface area contributed by atoms with E-state index >= 15 is 0 Å². The lowest BCUT2D eigenvalue weighted by Gasteiger charge is -2.01. The van der Waals surface area contributed by atoms with E-state index in [1.807, 2.05) is 13.8 Å². The van der Waals surface area contributed by atoms with Crippen molar-refractivity contribution in [2.75, 3.05) is 34.0 Å². The molecule has 4 nitrogen and oxygen atoms in total. The molecule has 0 aliphatic heterocycles. The number of rotatable bonds is 6. The number of nitrogens with one attached hydrogen (secondary N) is 1. The Morgan fingerprint density at radius 1 is 1.31 bits per heavy atom. The molecule has 0 aromatic rings. The third-order valence-corrected chi connectivity index (χ3v) is 1.15. The van der Waals surface area contributed by atoms with E-state index in [-0.39, 0.29) is 12.5 Å². The van der Waals surface area contributed by atoms with Gasteiger partial charge in [0, 0.05) is 27.4 Å². The second-order valence-corrected chi connectivity index (χ2v) is 2.07. The average molecular weight is 191 g/mol. The van der Waals surface area contributed by atoms with Gasteiger partial charge in [-0.05, 0) is 6.42 Å². The fraction of sp³-hybridized carbons (Fsp3) is 0.889. The van der Waals surface area contributed by atoms with Crippen LogP contribution in [0.2, 0.25) is 0 Å². The lowest BCUT2D eigenvalue weighted by atomic mass is 10.5. The molecule has 0 aliphatic carbocycles. The Morgan fingerprint density at radius 2 is 1.92 bits per heavy atom. The van der Waals surface area contributed by atoms with E-state index < -0.39 is 0 Å². The van der Waals surface area contributed by atoms with Gasteiger partial charge in [-0.25, -0.2) is 0 Å². The first kappa shape index (κ1) is 14.9. The number of likely N-dealkylation sites (N-methyl/N-ethyl adjacent to an activating group) is 1. The summed E-state index contributed by atoms with van der Waals surface area (Å²) >= 11 is 0. The number of methoxy groups -OCH3 is 1. The summed E-state index contributed by atoms with van der Waals surface area (Å²) in [5.41, 5.74) is 0. The van der Waals surface area contributed by atoms with Crippen molar-refractivity contribution in [3.63, 3.8) is 0 Å². The van der Waals surface area contributed by atoms with Crippen LogP contribution in [0.4, 0.5) is 0 Å². The number of carbonyl (C=O) groups is 1. The third kappa shape index (κ3) is 14.3. The van der Waals surface area contributed by atoms with Crippen molar-refractivity contribution >= 4 is 5.91 Å². The van der Waals surface area contributed by atoms with E-state index in [9.17, 15) is 4.79 Å². The summed E-state index contributed by atoms with van der Waals surface area (Å²) in [5.74, 6) is -0.0950. The molecular formula is C9H21NO3. The fourth-order valence-electron chi connectivity index (χ4n) is 0.542. The lowest BCUT2D eigenvalue weighted by molar-refractivity contribution is -0.125. The minimum absolute atomic E-state index is 0.0950. The second kappa shape index (κ2) is 13.9. The first-order valence-electron chi connectivity index (χ1n) is 4.58. The first-order chi connectivity index (χ1) is 6.31.